The lowest BCUT2D eigenvalue weighted by Crippen LogP contribution is -2.19. The van der Waals surface area contributed by atoms with Gasteiger partial charge in [0, 0.05) is 10.9 Å². The highest BCUT2D eigenvalue weighted by molar-refractivity contribution is 9.10. The average Bonchev–Trinajstić information content (AvgIpc) is 2.20. The van der Waals surface area contributed by atoms with Gasteiger partial charge in [0.1, 0.15) is 0 Å². The van der Waals surface area contributed by atoms with E-state index in [0.717, 1.165) is 5.56 Å². The minimum absolute atomic E-state index is 0.317. The number of benzene rings is 1. The fourth-order valence-corrected chi connectivity index (χ4v) is 3.25. The molecular formula is C11H13BrF3NO2S. The summed E-state index contributed by atoms with van der Waals surface area (Å²) < 4.78 is 61.9. The molecule has 0 spiro atoms. The summed E-state index contributed by atoms with van der Waals surface area (Å²) in [4.78, 5) is 0. The van der Waals surface area contributed by atoms with E-state index in [9.17, 15) is 21.6 Å². The van der Waals surface area contributed by atoms with Crippen LogP contribution in [0.3, 0.4) is 0 Å². The zero-order valence-corrected chi connectivity index (χ0v) is 12.5. The summed E-state index contributed by atoms with van der Waals surface area (Å²) in [6, 6.07) is 4.98. The first-order valence-corrected chi connectivity index (χ1v) is 7.87. The summed E-state index contributed by atoms with van der Waals surface area (Å²) in [6.45, 7) is 1.84. The zero-order valence-electron chi connectivity index (χ0n) is 10.1. The highest BCUT2D eigenvalue weighted by atomic mass is 79.9. The second-order valence-electron chi connectivity index (χ2n) is 4.12. The van der Waals surface area contributed by atoms with Gasteiger partial charge in [0.15, 0.2) is 0 Å². The largest absolute Gasteiger partial charge is 0.389 e. The first kappa shape index (κ1) is 16.3. The van der Waals surface area contributed by atoms with Crippen LogP contribution in [0.5, 0.6) is 0 Å². The Morgan fingerprint density at radius 3 is 2.47 bits per heavy atom. The number of alkyl halides is 3. The van der Waals surface area contributed by atoms with Crippen LogP contribution < -0.4 is 4.72 Å². The number of hydrogen-bond donors (Lipinski definition) is 1. The molecule has 1 aromatic rings. The maximum atomic E-state index is 11.9. The second kappa shape index (κ2) is 6.13. The summed E-state index contributed by atoms with van der Waals surface area (Å²) >= 11 is 3.19. The molecule has 108 valence electrons. The van der Waals surface area contributed by atoms with Crippen LogP contribution in [-0.2, 0) is 10.0 Å². The maximum absolute atomic E-state index is 11.9. The lowest BCUT2D eigenvalue weighted by Gasteiger charge is -2.11. The average molecular weight is 360 g/mol. The van der Waals surface area contributed by atoms with Crippen molar-refractivity contribution < 1.29 is 21.6 Å². The fraction of sp³-hybridized carbons (Fsp3) is 0.455. The summed E-state index contributed by atoms with van der Waals surface area (Å²) in [5.74, 6) is -0.563. The Balaban J connectivity index is 2.64. The maximum Gasteiger partial charge on any atom is 0.389 e. The molecule has 0 amide bonds. The topological polar surface area (TPSA) is 46.2 Å². The van der Waals surface area contributed by atoms with Crippen LogP contribution in [0.1, 0.15) is 18.4 Å². The van der Waals surface area contributed by atoms with E-state index in [1.807, 2.05) is 6.92 Å². The van der Waals surface area contributed by atoms with E-state index >= 15 is 0 Å². The van der Waals surface area contributed by atoms with Crippen LogP contribution in [0.15, 0.2) is 22.7 Å². The number of hydrogen-bond acceptors (Lipinski definition) is 2. The van der Waals surface area contributed by atoms with Crippen molar-refractivity contribution in [2.24, 2.45) is 0 Å². The van der Waals surface area contributed by atoms with Crippen molar-refractivity contribution in [3.8, 4) is 0 Å². The Hall–Kier alpha value is -0.760. The zero-order chi connectivity index (χ0) is 14.7. The van der Waals surface area contributed by atoms with Gasteiger partial charge in [-0.1, -0.05) is 6.07 Å². The highest BCUT2D eigenvalue weighted by Crippen LogP contribution is 2.25. The van der Waals surface area contributed by atoms with Crippen molar-refractivity contribution >= 4 is 31.6 Å². The van der Waals surface area contributed by atoms with Gasteiger partial charge < -0.3 is 0 Å². The van der Waals surface area contributed by atoms with Gasteiger partial charge in [0.2, 0.25) is 10.0 Å². The number of nitrogens with one attached hydrogen (secondary N) is 1. The molecule has 0 saturated heterocycles. The Morgan fingerprint density at radius 1 is 1.32 bits per heavy atom. The number of sulfonamides is 1. The smallest absolute Gasteiger partial charge is 0.282 e. The molecule has 0 radical (unpaired) electrons. The Kier molecular flexibility index (Phi) is 5.26. The Labute approximate surface area is 118 Å². The van der Waals surface area contributed by atoms with E-state index in [1.165, 1.54) is 0 Å². The number of anilines is 1. The fourth-order valence-electron chi connectivity index (χ4n) is 1.38. The SMILES string of the molecule is Cc1ccc(NS(=O)(=O)CCCC(F)(F)F)c(Br)c1. The van der Waals surface area contributed by atoms with Crippen molar-refractivity contribution in [1.29, 1.82) is 0 Å². The van der Waals surface area contributed by atoms with E-state index < -0.39 is 34.8 Å². The Bertz CT molecular complexity index is 543. The molecule has 19 heavy (non-hydrogen) atoms. The molecule has 0 bridgehead atoms. The van der Waals surface area contributed by atoms with E-state index in [4.69, 9.17) is 0 Å². The third-order valence-corrected chi connectivity index (χ3v) is 4.28. The first-order chi connectivity index (χ1) is 8.59. The normalized spacial score (nSPS) is 12.5. The molecule has 0 unspecified atom stereocenters. The molecule has 8 heteroatoms. The molecule has 1 rings (SSSR count). The molecule has 0 aliphatic rings. The van der Waals surface area contributed by atoms with Crippen molar-refractivity contribution in [3.63, 3.8) is 0 Å². The molecule has 0 aliphatic heterocycles. The van der Waals surface area contributed by atoms with Gasteiger partial charge in [-0.25, -0.2) is 8.42 Å². The lowest BCUT2D eigenvalue weighted by molar-refractivity contribution is -0.134. The molecule has 0 atom stereocenters. The quantitative estimate of drug-likeness (QED) is 0.867. The summed E-state index contributed by atoms with van der Waals surface area (Å²) in [5.41, 5.74) is 1.25. The second-order valence-corrected chi connectivity index (χ2v) is 6.82. The van der Waals surface area contributed by atoms with Crippen LogP contribution in [0.4, 0.5) is 18.9 Å². The van der Waals surface area contributed by atoms with Crippen molar-refractivity contribution in [2.45, 2.75) is 25.9 Å². The van der Waals surface area contributed by atoms with Gasteiger partial charge in [-0.2, -0.15) is 13.2 Å². The van der Waals surface area contributed by atoms with Crippen molar-refractivity contribution in [1.82, 2.24) is 0 Å². The summed E-state index contributed by atoms with van der Waals surface area (Å²) in [5, 5.41) is 0. The molecule has 0 heterocycles. The van der Waals surface area contributed by atoms with Crippen molar-refractivity contribution in [3.05, 3.63) is 28.2 Å². The molecule has 0 aliphatic carbocycles. The molecular weight excluding hydrogens is 347 g/mol. The third kappa shape index (κ3) is 6.29. The highest BCUT2D eigenvalue weighted by Gasteiger charge is 2.27. The summed E-state index contributed by atoms with van der Waals surface area (Å²) in [6.07, 6.45) is -5.90. The minimum atomic E-state index is -4.33. The lowest BCUT2D eigenvalue weighted by atomic mass is 10.2. The van der Waals surface area contributed by atoms with Crippen LogP contribution in [0.2, 0.25) is 0 Å². The van der Waals surface area contributed by atoms with Gasteiger partial charge in [-0.15, -0.1) is 0 Å². The van der Waals surface area contributed by atoms with Crippen LogP contribution in [0.25, 0.3) is 0 Å². The van der Waals surface area contributed by atoms with E-state index in [0.29, 0.717) is 10.2 Å². The predicted molar refractivity (Wildman–Crippen MR) is 71.6 cm³/mol. The number of rotatable bonds is 5. The summed E-state index contributed by atoms with van der Waals surface area (Å²) in [7, 11) is -3.77. The molecule has 1 aromatic carbocycles. The standard InChI is InChI=1S/C11H13BrF3NO2S/c1-8-3-4-10(9(12)7-8)16-19(17,18)6-2-5-11(13,14)15/h3-4,7,16H,2,5-6H2,1H3. The number of aryl methyl sites for hydroxylation is 1. The first-order valence-electron chi connectivity index (χ1n) is 5.42. The predicted octanol–water partition coefficient (Wildman–Crippen LogP) is 3.84. The Morgan fingerprint density at radius 2 is 1.95 bits per heavy atom. The van der Waals surface area contributed by atoms with Crippen molar-refractivity contribution in [2.75, 3.05) is 10.5 Å². The van der Waals surface area contributed by atoms with E-state index in [2.05, 4.69) is 20.7 Å². The molecule has 0 fully saturated rings. The van der Waals surface area contributed by atoms with Gasteiger partial charge in [0.05, 0.1) is 11.4 Å². The van der Waals surface area contributed by atoms with Crippen LogP contribution in [-0.4, -0.2) is 20.3 Å². The molecule has 3 nitrogen and oxygen atoms in total. The third-order valence-electron chi connectivity index (χ3n) is 2.26. The van der Waals surface area contributed by atoms with Gasteiger partial charge in [0.25, 0.3) is 0 Å². The minimum Gasteiger partial charge on any atom is -0.282 e. The molecule has 0 aromatic heterocycles. The van der Waals surface area contributed by atoms with E-state index in [-0.39, 0.29) is 0 Å². The van der Waals surface area contributed by atoms with Gasteiger partial charge in [-0.05, 0) is 47.0 Å². The van der Waals surface area contributed by atoms with Crippen LogP contribution >= 0.6 is 15.9 Å². The van der Waals surface area contributed by atoms with Gasteiger partial charge >= 0.3 is 6.18 Å². The number of halogens is 4. The monoisotopic (exact) mass is 359 g/mol. The van der Waals surface area contributed by atoms with E-state index in [1.54, 1.807) is 18.2 Å². The van der Waals surface area contributed by atoms with Gasteiger partial charge in [-0.3, -0.25) is 4.72 Å². The van der Waals surface area contributed by atoms with Crippen LogP contribution in [0, 0.1) is 6.92 Å². The molecule has 1 N–H and O–H groups in total. The molecule has 0 saturated carbocycles.